The summed E-state index contributed by atoms with van der Waals surface area (Å²) in [6.07, 6.45) is 5.49. The number of allylic oxidation sites excluding steroid dienone is 2. The first-order valence-electron chi connectivity index (χ1n) is 14.5. The monoisotopic (exact) mass is 570 g/mol. The van der Waals surface area contributed by atoms with Gasteiger partial charge in [-0.15, -0.1) is 0 Å². The largest absolute Gasteiger partial charge is 0.264 e. The second-order valence-corrected chi connectivity index (χ2v) is 15.4. The summed E-state index contributed by atoms with van der Waals surface area (Å²) < 4.78 is 0. The van der Waals surface area contributed by atoms with Gasteiger partial charge in [0.15, 0.2) is 0 Å². The molecule has 0 N–H and O–H groups in total. The lowest BCUT2D eigenvalue weighted by molar-refractivity contribution is 1.23. The van der Waals surface area contributed by atoms with E-state index in [-0.39, 0.29) is 0 Å². The van der Waals surface area contributed by atoms with Crippen molar-refractivity contribution in [2.45, 2.75) is 13.1 Å². The molecule has 0 bridgehead atoms. The minimum atomic E-state index is -2.42. The summed E-state index contributed by atoms with van der Waals surface area (Å²) in [5.74, 6) is 0. The van der Waals surface area contributed by atoms with Crippen LogP contribution in [-0.2, 0) is 0 Å². The predicted molar refractivity (Wildman–Crippen MR) is 179 cm³/mol. The maximum atomic E-state index is 5.30. The molecule has 6 aromatic rings. The molecule has 2 aromatic carbocycles. The second kappa shape index (κ2) is 11.2. The predicted octanol–water partition coefficient (Wildman–Crippen LogP) is 8.92. The van der Waals surface area contributed by atoms with Crippen molar-refractivity contribution in [3.05, 3.63) is 168 Å². The van der Waals surface area contributed by atoms with E-state index in [1.165, 1.54) is 32.7 Å². The zero-order valence-corrected chi connectivity index (χ0v) is 25.1. The van der Waals surface area contributed by atoms with Gasteiger partial charge in [-0.2, -0.15) is 0 Å². The van der Waals surface area contributed by atoms with Crippen LogP contribution in [-0.4, -0.2) is 28.0 Å². The molecule has 0 radical (unpaired) electrons. The third-order valence-corrected chi connectivity index (χ3v) is 11.5. The summed E-state index contributed by atoms with van der Waals surface area (Å²) in [6, 6.07) is 44.1. The molecule has 5 heteroatoms. The van der Waals surface area contributed by atoms with Gasteiger partial charge in [0.05, 0.1) is 28.5 Å². The first-order valence-corrected chi connectivity index (χ1v) is 17.5. The minimum Gasteiger partial charge on any atom is -0.264 e. The average Bonchev–Trinajstić information content (AvgIpc) is 3.33. The van der Waals surface area contributed by atoms with Gasteiger partial charge in [0, 0.05) is 24.2 Å². The Morgan fingerprint density at radius 1 is 0.419 bits per heavy atom. The number of benzene rings is 2. The van der Waals surface area contributed by atoms with Crippen molar-refractivity contribution >= 4 is 29.6 Å². The number of hydrogen-bond acceptors (Lipinski definition) is 4. The Morgan fingerprint density at radius 2 is 0.930 bits per heavy atom. The number of rotatable bonds is 6. The van der Waals surface area contributed by atoms with E-state index < -0.39 is 8.07 Å². The van der Waals surface area contributed by atoms with Crippen molar-refractivity contribution in [3.8, 4) is 22.6 Å². The highest BCUT2D eigenvalue weighted by Crippen LogP contribution is 2.55. The zero-order chi connectivity index (χ0) is 29.2. The molecule has 0 saturated heterocycles. The normalized spacial score (nSPS) is 14.3. The molecule has 4 aromatic heterocycles. The number of hydrogen-bond donors (Lipinski definition) is 0. The van der Waals surface area contributed by atoms with Gasteiger partial charge in [-0.1, -0.05) is 92.0 Å². The third kappa shape index (κ3) is 4.94. The standard InChI is InChI=1S/C38H30N4Si/c1-43(2)37(33-22-11-20-30(41-33)29-18-13-24-39-26-29)35(27-14-5-3-6-15-27)36(28-16-7-4-8-17-28)38(43)34-23-12-21-32(42-34)31-19-9-10-25-40-31/h3-26H,1-2H3. The van der Waals surface area contributed by atoms with E-state index >= 15 is 0 Å². The van der Waals surface area contributed by atoms with Crippen molar-refractivity contribution < 1.29 is 0 Å². The molecule has 1 aliphatic heterocycles. The Morgan fingerprint density at radius 3 is 1.49 bits per heavy atom. The van der Waals surface area contributed by atoms with Crippen molar-refractivity contribution in [1.29, 1.82) is 0 Å². The van der Waals surface area contributed by atoms with Crippen molar-refractivity contribution in [2.75, 3.05) is 0 Å². The Labute approximate surface area is 253 Å². The topological polar surface area (TPSA) is 51.6 Å². The van der Waals surface area contributed by atoms with Gasteiger partial charge in [0.25, 0.3) is 0 Å². The van der Waals surface area contributed by atoms with E-state index in [9.17, 15) is 0 Å². The van der Waals surface area contributed by atoms with Crippen LogP contribution >= 0.6 is 0 Å². The lowest BCUT2D eigenvalue weighted by Crippen LogP contribution is -2.29. The molecule has 0 aliphatic carbocycles. The lowest BCUT2D eigenvalue weighted by Gasteiger charge is -2.25. The van der Waals surface area contributed by atoms with Gasteiger partial charge in [-0.25, -0.2) is 9.97 Å². The van der Waals surface area contributed by atoms with Crippen LogP contribution in [0.5, 0.6) is 0 Å². The molecule has 206 valence electrons. The molecule has 0 unspecified atom stereocenters. The molecular weight excluding hydrogens is 541 g/mol. The highest BCUT2D eigenvalue weighted by molar-refractivity contribution is 7.13. The van der Waals surface area contributed by atoms with E-state index in [1.807, 2.05) is 42.7 Å². The molecule has 5 heterocycles. The van der Waals surface area contributed by atoms with E-state index in [0.29, 0.717) is 0 Å². The second-order valence-electron chi connectivity index (χ2n) is 11.1. The maximum Gasteiger partial charge on any atom is 0.119 e. The fourth-order valence-corrected chi connectivity index (χ4v) is 9.76. The first kappa shape index (κ1) is 26.6. The molecule has 43 heavy (non-hydrogen) atoms. The fourth-order valence-electron chi connectivity index (χ4n) is 6.16. The molecular formula is C38H30N4Si. The first-order chi connectivity index (χ1) is 21.1. The van der Waals surface area contributed by atoms with Crippen LogP contribution in [0, 0.1) is 0 Å². The van der Waals surface area contributed by atoms with Gasteiger partial charge in [-0.05, 0) is 81.2 Å². The Kier molecular flexibility index (Phi) is 6.93. The average molecular weight is 571 g/mol. The van der Waals surface area contributed by atoms with Crippen molar-refractivity contribution in [3.63, 3.8) is 0 Å². The van der Waals surface area contributed by atoms with Crippen molar-refractivity contribution in [2.24, 2.45) is 0 Å². The highest BCUT2D eigenvalue weighted by Gasteiger charge is 2.45. The molecule has 4 nitrogen and oxygen atoms in total. The van der Waals surface area contributed by atoms with Gasteiger partial charge in [0.2, 0.25) is 0 Å². The van der Waals surface area contributed by atoms with Crippen LogP contribution in [0.3, 0.4) is 0 Å². The number of nitrogens with zero attached hydrogens (tertiary/aromatic N) is 4. The molecule has 0 spiro atoms. The number of pyridine rings is 4. The SMILES string of the molecule is C[Si]1(C)C(c2cccc(-c3cccnc3)n2)=C(c2ccccc2)C(c2ccccc2)=C1c1cccc(-c2ccccn2)n1. The molecule has 0 saturated carbocycles. The maximum absolute atomic E-state index is 5.30. The quantitative estimate of drug-likeness (QED) is 0.188. The summed E-state index contributed by atoms with van der Waals surface area (Å²) in [5, 5.41) is 2.61. The summed E-state index contributed by atoms with van der Waals surface area (Å²) in [5.41, 5.74) is 10.5. The van der Waals surface area contributed by atoms with E-state index in [2.05, 4.69) is 120 Å². The fraction of sp³-hybridized carbons (Fsp3) is 0.0526. The molecule has 1 aliphatic rings. The van der Waals surface area contributed by atoms with Crippen LogP contribution in [0.4, 0.5) is 0 Å². The van der Waals surface area contributed by atoms with Gasteiger partial charge >= 0.3 is 0 Å². The van der Waals surface area contributed by atoms with E-state index in [1.54, 1.807) is 6.20 Å². The summed E-state index contributed by atoms with van der Waals surface area (Å²) >= 11 is 0. The number of aromatic nitrogens is 4. The Balaban J connectivity index is 1.52. The van der Waals surface area contributed by atoms with Gasteiger partial charge in [0.1, 0.15) is 8.07 Å². The Hall–Kier alpha value is -5.26. The highest BCUT2D eigenvalue weighted by atomic mass is 28.3. The summed E-state index contributed by atoms with van der Waals surface area (Å²) in [7, 11) is -2.42. The minimum absolute atomic E-state index is 0.867. The molecule has 7 rings (SSSR count). The van der Waals surface area contributed by atoms with Crippen LogP contribution in [0.2, 0.25) is 13.1 Å². The Bertz CT molecular complexity index is 1820. The van der Waals surface area contributed by atoms with Crippen molar-refractivity contribution in [1.82, 2.24) is 19.9 Å². The van der Waals surface area contributed by atoms with Gasteiger partial charge < -0.3 is 0 Å². The zero-order valence-electron chi connectivity index (χ0n) is 24.1. The van der Waals surface area contributed by atoms with Crippen LogP contribution < -0.4 is 0 Å². The smallest absolute Gasteiger partial charge is 0.119 e. The van der Waals surface area contributed by atoms with E-state index in [4.69, 9.17) is 9.97 Å². The summed E-state index contributed by atoms with van der Waals surface area (Å²) in [4.78, 5) is 19.5. The molecule has 0 atom stereocenters. The summed E-state index contributed by atoms with van der Waals surface area (Å²) in [6.45, 7) is 4.87. The van der Waals surface area contributed by atoms with E-state index in [0.717, 1.165) is 34.0 Å². The third-order valence-electron chi connectivity index (χ3n) is 8.02. The molecule has 0 amide bonds. The lowest BCUT2D eigenvalue weighted by atomic mass is 9.90. The van der Waals surface area contributed by atoms with Crippen LogP contribution in [0.1, 0.15) is 22.5 Å². The molecule has 0 fully saturated rings. The van der Waals surface area contributed by atoms with Crippen LogP contribution in [0.25, 0.3) is 44.2 Å². The van der Waals surface area contributed by atoms with Gasteiger partial charge in [-0.3, -0.25) is 9.97 Å². The van der Waals surface area contributed by atoms with Crippen LogP contribution in [0.15, 0.2) is 146 Å².